The van der Waals surface area contributed by atoms with Crippen LogP contribution < -0.4 is 5.73 Å². The normalized spacial score (nSPS) is 19.4. The van der Waals surface area contributed by atoms with Crippen molar-refractivity contribution in [2.24, 2.45) is 5.73 Å². The average Bonchev–Trinajstić information content (AvgIpc) is 2.47. The molecule has 5 heteroatoms. The first-order valence-electron chi connectivity index (χ1n) is 6.87. The lowest BCUT2D eigenvalue weighted by molar-refractivity contribution is -0.138. The Labute approximate surface area is 119 Å². The minimum absolute atomic E-state index is 0.184. The van der Waals surface area contributed by atoms with Gasteiger partial charge in [-0.1, -0.05) is 30.3 Å². The molecular formula is C15H22N2O3. The van der Waals surface area contributed by atoms with Gasteiger partial charge in [0.25, 0.3) is 0 Å². The van der Waals surface area contributed by atoms with Crippen LogP contribution in [0.1, 0.15) is 24.4 Å². The number of amides is 1. The summed E-state index contributed by atoms with van der Waals surface area (Å²) in [5, 5.41) is 10.4. The Bertz CT molecular complexity index is 444. The van der Waals surface area contributed by atoms with Gasteiger partial charge in [-0.15, -0.1) is 0 Å². The van der Waals surface area contributed by atoms with Gasteiger partial charge in [0.15, 0.2) is 0 Å². The van der Waals surface area contributed by atoms with E-state index in [2.05, 4.69) is 0 Å². The van der Waals surface area contributed by atoms with Crippen LogP contribution in [0.5, 0.6) is 0 Å². The van der Waals surface area contributed by atoms with E-state index in [9.17, 15) is 9.90 Å². The zero-order chi connectivity index (χ0) is 14.6. The molecule has 0 radical (unpaired) electrons. The molecule has 1 saturated heterocycles. The van der Waals surface area contributed by atoms with Crippen molar-refractivity contribution in [1.29, 1.82) is 0 Å². The van der Waals surface area contributed by atoms with E-state index < -0.39 is 11.6 Å². The minimum Gasteiger partial charge on any atom is -0.388 e. The Kier molecular flexibility index (Phi) is 4.75. The van der Waals surface area contributed by atoms with Crippen LogP contribution >= 0.6 is 0 Å². The first-order valence-corrected chi connectivity index (χ1v) is 6.87. The first-order chi connectivity index (χ1) is 9.52. The largest absolute Gasteiger partial charge is 0.388 e. The van der Waals surface area contributed by atoms with E-state index in [0.29, 0.717) is 26.1 Å². The third kappa shape index (κ3) is 3.56. The van der Waals surface area contributed by atoms with E-state index in [-0.39, 0.29) is 12.5 Å². The van der Waals surface area contributed by atoms with Gasteiger partial charge in [0, 0.05) is 39.6 Å². The molecule has 1 heterocycles. The first kappa shape index (κ1) is 15.0. The van der Waals surface area contributed by atoms with Crippen LogP contribution in [0, 0.1) is 0 Å². The zero-order valence-electron chi connectivity index (χ0n) is 11.8. The van der Waals surface area contributed by atoms with Crippen LogP contribution in [0.4, 0.5) is 0 Å². The van der Waals surface area contributed by atoms with Crippen LogP contribution in [0.15, 0.2) is 30.3 Å². The van der Waals surface area contributed by atoms with E-state index >= 15 is 0 Å². The number of benzene rings is 1. The summed E-state index contributed by atoms with van der Waals surface area (Å²) in [6.07, 6.45) is 1.09. The number of aliphatic hydroxyl groups is 1. The fraction of sp³-hybridized carbons (Fsp3) is 0.533. The molecule has 3 N–H and O–H groups in total. The number of carbonyl (C=O) groups is 1. The fourth-order valence-electron chi connectivity index (χ4n) is 2.47. The monoisotopic (exact) mass is 278 g/mol. The molecular weight excluding hydrogens is 256 g/mol. The molecule has 0 saturated carbocycles. The molecule has 5 nitrogen and oxygen atoms in total. The minimum atomic E-state index is -0.862. The maximum atomic E-state index is 12.3. The summed E-state index contributed by atoms with van der Waals surface area (Å²) in [7, 11) is 1.68. The third-order valence-electron chi connectivity index (χ3n) is 3.76. The quantitative estimate of drug-likeness (QED) is 0.849. The van der Waals surface area contributed by atoms with Crippen molar-refractivity contribution in [3.8, 4) is 0 Å². The Hall–Kier alpha value is -1.43. The molecule has 1 aliphatic rings. The molecule has 1 aromatic rings. The van der Waals surface area contributed by atoms with E-state index in [0.717, 1.165) is 5.56 Å². The van der Waals surface area contributed by atoms with Crippen LogP contribution in [-0.4, -0.2) is 48.3 Å². The number of carbonyl (C=O) groups excluding carboxylic acids is 1. The molecule has 1 aliphatic heterocycles. The Morgan fingerprint density at radius 3 is 2.60 bits per heavy atom. The Morgan fingerprint density at radius 1 is 1.40 bits per heavy atom. The summed E-state index contributed by atoms with van der Waals surface area (Å²) in [6, 6.07) is 8.57. The number of likely N-dealkylation sites (N-methyl/N-ethyl adjacent to an activating group) is 1. The second kappa shape index (κ2) is 6.35. The van der Waals surface area contributed by atoms with Gasteiger partial charge in [-0.3, -0.25) is 4.79 Å². The second-order valence-electron chi connectivity index (χ2n) is 5.42. The van der Waals surface area contributed by atoms with Gasteiger partial charge in [-0.25, -0.2) is 0 Å². The van der Waals surface area contributed by atoms with Gasteiger partial charge in [-0.05, 0) is 5.56 Å². The van der Waals surface area contributed by atoms with Crippen molar-refractivity contribution in [2.75, 3.05) is 26.8 Å². The van der Waals surface area contributed by atoms with Crippen molar-refractivity contribution < 1.29 is 14.6 Å². The van der Waals surface area contributed by atoms with Gasteiger partial charge < -0.3 is 20.5 Å². The van der Waals surface area contributed by atoms with Crippen LogP contribution in [-0.2, 0) is 9.53 Å². The highest BCUT2D eigenvalue weighted by Crippen LogP contribution is 2.22. The van der Waals surface area contributed by atoms with E-state index in [1.807, 2.05) is 30.3 Å². The predicted molar refractivity (Wildman–Crippen MR) is 76.0 cm³/mol. The van der Waals surface area contributed by atoms with Gasteiger partial charge in [0.05, 0.1) is 5.60 Å². The zero-order valence-corrected chi connectivity index (χ0v) is 11.8. The van der Waals surface area contributed by atoms with Crippen molar-refractivity contribution in [1.82, 2.24) is 4.90 Å². The Morgan fingerprint density at radius 2 is 2.00 bits per heavy atom. The molecule has 20 heavy (non-hydrogen) atoms. The van der Waals surface area contributed by atoms with Gasteiger partial charge in [0.1, 0.15) is 6.04 Å². The molecule has 2 rings (SSSR count). The lowest BCUT2D eigenvalue weighted by Gasteiger charge is -2.36. The summed E-state index contributed by atoms with van der Waals surface area (Å²) in [6.45, 7) is 1.35. The van der Waals surface area contributed by atoms with Crippen molar-refractivity contribution in [3.05, 3.63) is 35.9 Å². The summed E-state index contributed by atoms with van der Waals surface area (Å²) in [5.74, 6) is -0.184. The lowest BCUT2D eigenvalue weighted by atomic mass is 9.93. The van der Waals surface area contributed by atoms with Crippen LogP contribution in [0.25, 0.3) is 0 Å². The molecule has 1 fully saturated rings. The van der Waals surface area contributed by atoms with Crippen molar-refractivity contribution >= 4 is 5.91 Å². The number of ether oxygens (including phenoxy) is 1. The average molecular weight is 278 g/mol. The fourth-order valence-corrected chi connectivity index (χ4v) is 2.47. The van der Waals surface area contributed by atoms with Gasteiger partial charge in [-0.2, -0.15) is 0 Å². The lowest BCUT2D eigenvalue weighted by Crippen LogP contribution is -2.49. The molecule has 0 bridgehead atoms. The van der Waals surface area contributed by atoms with Gasteiger partial charge >= 0.3 is 0 Å². The molecule has 1 atom stereocenters. The highest BCUT2D eigenvalue weighted by molar-refractivity contribution is 5.82. The third-order valence-corrected chi connectivity index (χ3v) is 3.76. The van der Waals surface area contributed by atoms with Gasteiger partial charge in [0.2, 0.25) is 5.91 Å². The van der Waals surface area contributed by atoms with Crippen molar-refractivity contribution in [3.63, 3.8) is 0 Å². The summed E-state index contributed by atoms with van der Waals surface area (Å²) in [5.41, 5.74) is 5.91. The molecule has 0 aliphatic carbocycles. The molecule has 1 amide bonds. The van der Waals surface area contributed by atoms with Crippen LogP contribution in [0.2, 0.25) is 0 Å². The maximum Gasteiger partial charge on any atom is 0.243 e. The van der Waals surface area contributed by atoms with Crippen LogP contribution in [0.3, 0.4) is 0 Å². The topological polar surface area (TPSA) is 75.8 Å². The number of nitrogens with zero attached hydrogens (tertiary/aromatic N) is 1. The van der Waals surface area contributed by atoms with E-state index in [4.69, 9.17) is 10.5 Å². The highest BCUT2D eigenvalue weighted by Gasteiger charge is 2.33. The second-order valence-corrected chi connectivity index (χ2v) is 5.42. The Balaban J connectivity index is 1.98. The smallest absolute Gasteiger partial charge is 0.243 e. The molecule has 110 valence electrons. The molecule has 0 spiro atoms. The summed E-state index contributed by atoms with van der Waals surface area (Å²) in [4.78, 5) is 13.8. The molecule has 1 aromatic carbocycles. The standard InChI is InChI=1S/C15H22N2O3/c1-17(11-15(19)7-9-20-10-8-15)14(18)13(16)12-5-3-2-4-6-12/h2-6,13,19H,7-11,16H2,1H3. The maximum absolute atomic E-state index is 12.3. The van der Waals surface area contributed by atoms with E-state index in [1.54, 1.807) is 7.05 Å². The summed E-state index contributed by atoms with van der Waals surface area (Å²) >= 11 is 0. The summed E-state index contributed by atoms with van der Waals surface area (Å²) < 4.78 is 5.24. The number of hydrogen-bond donors (Lipinski definition) is 2. The molecule has 1 unspecified atom stereocenters. The van der Waals surface area contributed by atoms with E-state index in [1.165, 1.54) is 4.90 Å². The predicted octanol–water partition coefficient (Wildman–Crippen LogP) is 0.686. The highest BCUT2D eigenvalue weighted by atomic mass is 16.5. The number of rotatable bonds is 4. The number of nitrogens with two attached hydrogens (primary N) is 1. The number of hydrogen-bond acceptors (Lipinski definition) is 4. The van der Waals surface area contributed by atoms with Crippen molar-refractivity contribution in [2.45, 2.75) is 24.5 Å². The SMILES string of the molecule is CN(CC1(O)CCOCC1)C(=O)C(N)c1ccccc1. The molecule has 0 aromatic heterocycles.